The summed E-state index contributed by atoms with van der Waals surface area (Å²) in [7, 11) is 1.54. The van der Waals surface area contributed by atoms with Gasteiger partial charge in [0.1, 0.15) is 7.11 Å². The van der Waals surface area contributed by atoms with Gasteiger partial charge in [0.2, 0.25) is 0 Å². The Kier molecular flexibility index (Phi) is 7.80. The lowest BCUT2D eigenvalue weighted by atomic mass is 9.72. The summed E-state index contributed by atoms with van der Waals surface area (Å²) in [6.45, 7) is 11.1. The first-order valence-corrected chi connectivity index (χ1v) is 8.33. The van der Waals surface area contributed by atoms with Gasteiger partial charge in [0.15, 0.2) is 0 Å². The average molecular weight is 313 g/mol. The Morgan fingerprint density at radius 1 is 1.13 bits per heavy atom. The van der Waals surface area contributed by atoms with Crippen LogP contribution in [-0.4, -0.2) is 13.3 Å². The van der Waals surface area contributed by atoms with Crippen molar-refractivity contribution in [2.45, 2.75) is 53.9 Å². The van der Waals surface area contributed by atoms with E-state index in [9.17, 15) is 0 Å². The van der Waals surface area contributed by atoms with Crippen LogP contribution >= 0.6 is 0 Å². The van der Waals surface area contributed by atoms with E-state index in [0.717, 1.165) is 5.57 Å². The standard InChI is InChI=1S/C21H31NO/c1-17(9-7-10-18(2)14-16-22-23-6)12-13-20-19(3)11-8-15-21(20,4)5/h7,9-10,12-14,16H,8,11,15H2,1-6H3/b10-7?,13-12?,17-9-,18-14?,22-16?. The molecule has 1 rings (SSSR count). The van der Waals surface area contributed by atoms with E-state index in [-0.39, 0.29) is 0 Å². The van der Waals surface area contributed by atoms with Crippen molar-refractivity contribution in [3.63, 3.8) is 0 Å². The number of rotatable bonds is 6. The molecular weight excluding hydrogens is 282 g/mol. The molecule has 0 spiro atoms. The molecule has 1 aliphatic carbocycles. The maximum Gasteiger partial charge on any atom is 0.106 e. The lowest BCUT2D eigenvalue weighted by Gasteiger charge is -2.32. The maximum absolute atomic E-state index is 4.63. The molecule has 0 N–H and O–H groups in total. The summed E-state index contributed by atoms with van der Waals surface area (Å²) >= 11 is 0. The van der Waals surface area contributed by atoms with Crippen molar-refractivity contribution in [3.05, 3.63) is 58.7 Å². The molecule has 0 bridgehead atoms. The number of allylic oxidation sites excluding steroid dienone is 10. The third-order valence-corrected chi connectivity index (χ3v) is 4.28. The van der Waals surface area contributed by atoms with Crippen molar-refractivity contribution >= 4 is 6.21 Å². The molecule has 0 saturated carbocycles. The van der Waals surface area contributed by atoms with Gasteiger partial charge < -0.3 is 4.84 Å². The van der Waals surface area contributed by atoms with E-state index in [2.05, 4.69) is 68.1 Å². The molecule has 0 unspecified atom stereocenters. The largest absolute Gasteiger partial charge is 0.399 e. The first kappa shape index (κ1) is 19.2. The van der Waals surface area contributed by atoms with Gasteiger partial charge in [-0.2, -0.15) is 0 Å². The number of hydrogen-bond acceptors (Lipinski definition) is 2. The summed E-state index contributed by atoms with van der Waals surface area (Å²) in [5, 5.41) is 3.69. The van der Waals surface area contributed by atoms with Gasteiger partial charge in [-0.3, -0.25) is 0 Å². The topological polar surface area (TPSA) is 21.6 Å². The minimum absolute atomic E-state index is 0.301. The highest BCUT2D eigenvalue weighted by Crippen LogP contribution is 2.40. The molecule has 0 fully saturated rings. The van der Waals surface area contributed by atoms with Crippen LogP contribution in [0.1, 0.15) is 53.9 Å². The van der Waals surface area contributed by atoms with Crippen molar-refractivity contribution in [3.8, 4) is 0 Å². The molecule has 0 heterocycles. The smallest absolute Gasteiger partial charge is 0.106 e. The quantitative estimate of drug-likeness (QED) is 0.327. The fourth-order valence-electron chi connectivity index (χ4n) is 2.90. The van der Waals surface area contributed by atoms with Gasteiger partial charge in [-0.25, -0.2) is 0 Å². The summed E-state index contributed by atoms with van der Waals surface area (Å²) in [6.07, 6.45) is 18.2. The summed E-state index contributed by atoms with van der Waals surface area (Å²) in [5.74, 6) is 0. The lowest BCUT2D eigenvalue weighted by Crippen LogP contribution is -2.19. The second-order valence-electron chi connectivity index (χ2n) is 6.88. The monoisotopic (exact) mass is 313 g/mol. The van der Waals surface area contributed by atoms with Gasteiger partial charge in [0.05, 0.1) is 6.21 Å². The average Bonchev–Trinajstić information content (AvgIpc) is 2.46. The van der Waals surface area contributed by atoms with Crippen molar-refractivity contribution in [2.75, 3.05) is 7.11 Å². The van der Waals surface area contributed by atoms with E-state index < -0.39 is 0 Å². The number of hydrogen-bond donors (Lipinski definition) is 0. The predicted octanol–water partition coefficient (Wildman–Crippen LogP) is 6.15. The molecule has 0 atom stereocenters. The highest BCUT2D eigenvalue weighted by atomic mass is 16.6. The summed E-state index contributed by atoms with van der Waals surface area (Å²) in [4.78, 5) is 4.63. The molecule has 0 saturated heterocycles. The van der Waals surface area contributed by atoms with Crippen molar-refractivity contribution in [2.24, 2.45) is 10.6 Å². The number of nitrogens with zero attached hydrogens (tertiary/aromatic N) is 1. The van der Waals surface area contributed by atoms with Crippen LogP contribution in [0.25, 0.3) is 0 Å². The minimum atomic E-state index is 0.301. The summed E-state index contributed by atoms with van der Waals surface area (Å²) < 4.78 is 0. The van der Waals surface area contributed by atoms with E-state index in [4.69, 9.17) is 0 Å². The third-order valence-electron chi connectivity index (χ3n) is 4.28. The molecule has 0 aromatic carbocycles. The Balaban J connectivity index is 2.73. The van der Waals surface area contributed by atoms with Crippen LogP contribution in [0, 0.1) is 5.41 Å². The Morgan fingerprint density at radius 2 is 1.83 bits per heavy atom. The molecule has 0 aliphatic heterocycles. The highest BCUT2D eigenvalue weighted by Gasteiger charge is 2.26. The van der Waals surface area contributed by atoms with E-state index >= 15 is 0 Å². The first-order chi connectivity index (χ1) is 10.9. The molecule has 23 heavy (non-hydrogen) atoms. The Hall–Kier alpha value is -1.83. The van der Waals surface area contributed by atoms with Gasteiger partial charge in [-0.05, 0) is 62.7 Å². The fraction of sp³-hybridized carbons (Fsp3) is 0.476. The summed E-state index contributed by atoms with van der Waals surface area (Å²) in [5.41, 5.74) is 5.73. The first-order valence-electron chi connectivity index (χ1n) is 8.33. The highest BCUT2D eigenvalue weighted by molar-refractivity contribution is 5.72. The summed E-state index contributed by atoms with van der Waals surface area (Å²) in [6, 6.07) is 0. The van der Waals surface area contributed by atoms with E-state index in [1.165, 1.54) is 36.0 Å². The van der Waals surface area contributed by atoms with Crippen LogP contribution in [0.5, 0.6) is 0 Å². The fourth-order valence-corrected chi connectivity index (χ4v) is 2.90. The normalized spacial score (nSPS) is 20.3. The van der Waals surface area contributed by atoms with E-state index in [1.54, 1.807) is 13.3 Å². The zero-order valence-corrected chi connectivity index (χ0v) is 15.5. The zero-order chi connectivity index (χ0) is 17.3. The Labute approximate surface area is 142 Å². The second kappa shape index (κ2) is 9.34. The molecule has 1 aliphatic rings. The molecule has 2 nitrogen and oxygen atoms in total. The van der Waals surface area contributed by atoms with E-state index in [0.29, 0.717) is 5.41 Å². The van der Waals surface area contributed by atoms with Crippen LogP contribution in [0.15, 0.2) is 63.9 Å². The second-order valence-corrected chi connectivity index (χ2v) is 6.88. The van der Waals surface area contributed by atoms with Crippen molar-refractivity contribution in [1.82, 2.24) is 0 Å². The van der Waals surface area contributed by atoms with Crippen LogP contribution < -0.4 is 0 Å². The number of oxime groups is 1. The maximum atomic E-state index is 4.63. The molecule has 0 radical (unpaired) electrons. The van der Waals surface area contributed by atoms with Gasteiger partial charge in [-0.1, -0.05) is 60.5 Å². The minimum Gasteiger partial charge on any atom is -0.399 e. The molecule has 0 amide bonds. The van der Waals surface area contributed by atoms with Crippen molar-refractivity contribution in [1.29, 1.82) is 0 Å². The molecule has 0 aromatic heterocycles. The van der Waals surface area contributed by atoms with Crippen LogP contribution in [0.2, 0.25) is 0 Å². The molecule has 126 valence electrons. The van der Waals surface area contributed by atoms with Gasteiger partial charge in [0.25, 0.3) is 0 Å². The van der Waals surface area contributed by atoms with Crippen LogP contribution in [0.3, 0.4) is 0 Å². The van der Waals surface area contributed by atoms with Gasteiger partial charge >= 0.3 is 0 Å². The predicted molar refractivity (Wildman–Crippen MR) is 102 cm³/mol. The van der Waals surface area contributed by atoms with Gasteiger partial charge in [-0.15, -0.1) is 0 Å². The molecule has 0 aromatic rings. The Bertz CT molecular complexity index is 569. The van der Waals surface area contributed by atoms with Gasteiger partial charge in [0, 0.05) is 0 Å². The molecule has 2 heteroatoms. The lowest BCUT2D eigenvalue weighted by molar-refractivity contribution is 0.215. The Morgan fingerprint density at radius 3 is 2.48 bits per heavy atom. The van der Waals surface area contributed by atoms with E-state index in [1.807, 2.05) is 13.0 Å². The zero-order valence-electron chi connectivity index (χ0n) is 15.5. The molecular formula is C21H31NO. The third kappa shape index (κ3) is 6.85. The SMILES string of the molecule is CON=CC=C(C)C=C/C=C(/C)C=CC1=C(C)CCCC1(C)C. The van der Waals surface area contributed by atoms with Crippen molar-refractivity contribution < 1.29 is 4.84 Å². The van der Waals surface area contributed by atoms with Crippen LogP contribution in [0.4, 0.5) is 0 Å². The van der Waals surface area contributed by atoms with Crippen LogP contribution in [-0.2, 0) is 4.84 Å².